The second kappa shape index (κ2) is 9.59. The molecule has 0 atom stereocenters. The van der Waals surface area contributed by atoms with E-state index in [9.17, 15) is 9.59 Å². The minimum absolute atomic E-state index is 0.112. The van der Waals surface area contributed by atoms with Crippen LogP contribution in [0.5, 0.6) is 0 Å². The summed E-state index contributed by atoms with van der Waals surface area (Å²) >= 11 is 11.8. The molecule has 0 bridgehead atoms. The molecule has 0 aliphatic heterocycles. The Balaban J connectivity index is 1.63. The van der Waals surface area contributed by atoms with E-state index in [0.717, 1.165) is 38.5 Å². The average Bonchev–Trinajstić information content (AvgIpc) is 3.03. The molecule has 0 unspecified atom stereocenters. The lowest BCUT2D eigenvalue weighted by atomic mass is 9.89. The third kappa shape index (κ3) is 5.70. The summed E-state index contributed by atoms with van der Waals surface area (Å²) in [5.41, 5.74) is -0.0226. The van der Waals surface area contributed by atoms with Crippen LogP contribution in [0.2, 0.25) is 10.0 Å². The first-order valence-corrected chi connectivity index (χ1v) is 10.5. The Hall–Kier alpha value is -2.12. The van der Waals surface area contributed by atoms with Crippen molar-refractivity contribution in [2.75, 3.05) is 5.32 Å². The van der Waals surface area contributed by atoms with Crippen LogP contribution in [0.1, 0.15) is 63.6 Å². The molecule has 1 aliphatic rings. The summed E-state index contributed by atoms with van der Waals surface area (Å²) in [4.78, 5) is 28.5. The molecular weight excluding hydrogens is 415 g/mol. The average molecular weight is 439 g/mol. The lowest BCUT2D eigenvalue weighted by Crippen LogP contribution is -2.45. The maximum Gasteiger partial charge on any atom is 0.227 e. The van der Waals surface area contributed by atoms with E-state index in [1.54, 1.807) is 18.2 Å². The highest BCUT2D eigenvalue weighted by Gasteiger charge is 2.38. The Kier molecular flexibility index (Phi) is 7.14. The SMILES string of the molecule is CC(=O)NC1(c2noc(CCC(=O)Nc3ccc(Cl)c(Cl)c3)n2)CCCCCC1. The van der Waals surface area contributed by atoms with Gasteiger partial charge < -0.3 is 15.2 Å². The molecule has 1 saturated carbocycles. The molecule has 1 fully saturated rings. The van der Waals surface area contributed by atoms with Crippen molar-refractivity contribution in [3.8, 4) is 0 Å². The van der Waals surface area contributed by atoms with Gasteiger partial charge in [-0.1, -0.05) is 54.0 Å². The first-order chi connectivity index (χ1) is 13.9. The molecule has 9 heteroatoms. The minimum Gasteiger partial charge on any atom is -0.343 e. The highest BCUT2D eigenvalue weighted by atomic mass is 35.5. The number of aryl methyl sites for hydroxylation is 1. The molecule has 1 aromatic carbocycles. The monoisotopic (exact) mass is 438 g/mol. The van der Waals surface area contributed by atoms with Crippen molar-refractivity contribution < 1.29 is 14.1 Å². The van der Waals surface area contributed by atoms with Gasteiger partial charge in [-0.25, -0.2) is 0 Å². The molecule has 0 saturated heterocycles. The van der Waals surface area contributed by atoms with Crippen LogP contribution in [0.4, 0.5) is 5.69 Å². The molecule has 3 rings (SSSR count). The van der Waals surface area contributed by atoms with E-state index in [1.807, 2.05) is 0 Å². The molecule has 1 heterocycles. The van der Waals surface area contributed by atoms with E-state index >= 15 is 0 Å². The Morgan fingerprint density at radius 3 is 2.52 bits per heavy atom. The van der Waals surface area contributed by atoms with Gasteiger partial charge in [-0.2, -0.15) is 4.98 Å². The number of hydrogen-bond donors (Lipinski definition) is 2. The molecule has 1 aliphatic carbocycles. The fourth-order valence-corrected chi connectivity index (χ4v) is 3.94. The fourth-order valence-electron chi connectivity index (χ4n) is 3.64. The van der Waals surface area contributed by atoms with Crippen LogP contribution in [-0.2, 0) is 21.5 Å². The Labute approximate surface area is 179 Å². The summed E-state index contributed by atoms with van der Waals surface area (Å²) in [5.74, 6) is 0.557. The quantitative estimate of drug-likeness (QED) is 0.640. The third-order valence-corrected chi connectivity index (χ3v) is 5.78. The van der Waals surface area contributed by atoms with E-state index in [0.29, 0.717) is 33.9 Å². The summed E-state index contributed by atoms with van der Waals surface area (Å²) in [6.07, 6.45) is 6.28. The van der Waals surface area contributed by atoms with Crippen molar-refractivity contribution in [1.82, 2.24) is 15.5 Å². The Morgan fingerprint density at radius 2 is 1.86 bits per heavy atom. The number of halogens is 2. The highest BCUT2D eigenvalue weighted by molar-refractivity contribution is 6.42. The normalized spacial score (nSPS) is 16.1. The summed E-state index contributed by atoms with van der Waals surface area (Å²) < 4.78 is 5.37. The van der Waals surface area contributed by atoms with E-state index in [1.165, 1.54) is 6.92 Å². The highest BCUT2D eigenvalue weighted by Crippen LogP contribution is 2.34. The van der Waals surface area contributed by atoms with Crippen molar-refractivity contribution in [2.24, 2.45) is 0 Å². The van der Waals surface area contributed by atoms with Crippen molar-refractivity contribution >= 4 is 40.7 Å². The lowest BCUT2D eigenvalue weighted by Gasteiger charge is -2.30. The van der Waals surface area contributed by atoms with Crippen LogP contribution in [0, 0.1) is 0 Å². The summed E-state index contributed by atoms with van der Waals surface area (Å²) in [6, 6.07) is 4.90. The molecule has 7 nitrogen and oxygen atoms in total. The maximum atomic E-state index is 12.2. The second-order valence-corrected chi connectivity index (χ2v) is 8.18. The number of rotatable bonds is 6. The van der Waals surface area contributed by atoms with Crippen LogP contribution < -0.4 is 10.6 Å². The zero-order chi connectivity index (χ0) is 20.9. The summed E-state index contributed by atoms with van der Waals surface area (Å²) in [5, 5.41) is 10.7. The molecule has 0 radical (unpaired) electrons. The van der Waals surface area contributed by atoms with Crippen molar-refractivity contribution in [2.45, 2.75) is 63.8 Å². The number of nitrogens with zero attached hydrogens (tertiary/aromatic N) is 2. The van der Waals surface area contributed by atoms with Gasteiger partial charge in [0.05, 0.1) is 10.0 Å². The topological polar surface area (TPSA) is 97.1 Å². The van der Waals surface area contributed by atoms with E-state index in [2.05, 4.69) is 20.8 Å². The number of anilines is 1. The van der Waals surface area contributed by atoms with Crippen molar-refractivity contribution in [3.63, 3.8) is 0 Å². The lowest BCUT2D eigenvalue weighted by molar-refractivity contribution is -0.121. The van der Waals surface area contributed by atoms with Crippen molar-refractivity contribution in [3.05, 3.63) is 40.0 Å². The zero-order valence-corrected chi connectivity index (χ0v) is 17.8. The number of aromatic nitrogens is 2. The number of carbonyl (C=O) groups is 2. The van der Waals surface area contributed by atoms with Gasteiger partial charge in [0.1, 0.15) is 5.54 Å². The van der Waals surface area contributed by atoms with E-state index < -0.39 is 5.54 Å². The molecular formula is C20H24Cl2N4O3. The van der Waals surface area contributed by atoms with Gasteiger partial charge in [0.15, 0.2) is 5.82 Å². The largest absolute Gasteiger partial charge is 0.343 e. The molecule has 1 aromatic heterocycles. The van der Waals surface area contributed by atoms with Crippen LogP contribution in [0.25, 0.3) is 0 Å². The van der Waals surface area contributed by atoms with Crippen molar-refractivity contribution in [1.29, 1.82) is 0 Å². The zero-order valence-electron chi connectivity index (χ0n) is 16.3. The number of amides is 2. The van der Waals surface area contributed by atoms with E-state index in [4.69, 9.17) is 27.7 Å². The van der Waals surface area contributed by atoms with Gasteiger partial charge >= 0.3 is 0 Å². The molecule has 2 aromatic rings. The minimum atomic E-state index is -0.591. The summed E-state index contributed by atoms with van der Waals surface area (Å²) in [7, 11) is 0. The third-order valence-electron chi connectivity index (χ3n) is 5.04. The first-order valence-electron chi connectivity index (χ1n) is 9.75. The van der Waals surface area contributed by atoms with Gasteiger partial charge in [-0.15, -0.1) is 0 Å². The number of nitrogens with one attached hydrogen (secondary N) is 2. The summed E-state index contributed by atoms with van der Waals surface area (Å²) in [6.45, 7) is 1.50. The Morgan fingerprint density at radius 1 is 1.14 bits per heavy atom. The van der Waals surface area contributed by atoms with Gasteiger partial charge in [-0.05, 0) is 31.0 Å². The number of hydrogen-bond acceptors (Lipinski definition) is 5. The smallest absolute Gasteiger partial charge is 0.227 e. The number of carbonyl (C=O) groups excluding carboxylic acids is 2. The number of benzene rings is 1. The van der Waals surface area contributed by atoms with Gasteiger partial charge in [0, 0.05) is 25.5 Å². The van der Waals surface area contributed by atoms with Crippen LogP contribution in [-0.4, -0.2) is 22.0 Å². The first kappa shape index (κ1) is 21.6. The van der Waals surface area contributed by atoms with Crippen LogP contribution >= 0.6 is 23.2 Å². The molecule has 2 amide bonds. The van der Waals surface area contributed by atoms with Gasteiger partial charge in [0.2, 0.25) is 17.7 Å². The van der Waals surface area contributed by atoms with Gasteiger partial charge in [-0.3, -0.25) is 9.59 Å². The van der Waals surface area contributed by atoms with Crippen LogP contribution in [0.15, 0.2) is 22.7 Å². The van der Waals surface area contributed by atoms with Gasteiger partial charge in [0.25, 0.3) is 0 Å². The van der Waals surface area contributed by atoms with E-state index in [-0.39, 0.29) is 18.2 Å². The second-order valence-electron chi connectivity index (χ2n) is 7.37. The molecule has 29 heavy (non-hydrogen) atoms. The predicted octanol–water partition coefficient (Wildman–Crippen LogP) is 4.63. The molecule has 0 spiro atoms. The molecule has 2 N–H and O–H groups in total. The Bertz CT molecular complexity index is 876. The fraction of sp³-hybridized carbons (Fsp3) is 0.500. The standard InChI is InChI=1S/C20H24Cl2N4O3/c1-13(27)25-20(10-4-2-3-5-11-20)19-24-18(29-26-19)9-8-17(28)23-14-6-7-15(21)16(22)12-14/h6-7,12H,2-5,8-11H2,1H3,(H,23,28)(H,25,27). The predicted molar refractivity (Wildman–Crippen MR) is 111 cm³/mol. The van der Waals surface area contributed by atoms with Crippen LogP contribution in [0.3, 0.4) is 0 Å². The maximum absolute atomic E-state index is 12.2. The molecule has 156 valence electrons.